The molecule has 6 heteroatoms. The van der Waals surface area contributed by atoms with Crippen LogP contribution in [0, 0.1) is 5.41 Å². The van der Waals surface area contributed by atoms with E-state index in [0.29, 0.717) is 43.8 Å². The van der Waals surface area contributed by atoms with E-state index in [1.807, 2.05) is 36.2 Å². The number of likely N-dealkylation sites (N-methyl/N-ethyl adjacent to an activating group) is 1. The molecule has 136 valence electrons. The van der Waals surface area contributed by atoms with Crippen LogP contribution in [0.1, 0.15) is 31.2 Å². The Labute approximate surface area is 153 Å². The zero-order valence-corrected chi connectivity index (χ0v) is 15.3. The van der Waals surface area contributed by atoms with Crippen molar-refractivity contribution < 1.29 is 14.7 Å². The molecule has 1 N–H and O–H groups in total. The molecule has 0 spiro atoms. The quantitative estimate of drug-likeness (QED) is 0.892. The second-order valence-electron chi connectivity index (χ2n) is 7.28. The number of benzene rings is 1. The molecule has 1 aromatic rings. The van der Waals surface area contributed by atoms with Crippen LogP contribution >= 0.6 is 11.6 Å². The molecule has 2 aliphatic heterocycles. The first-order chi connectivity index (χ1) is 11.9. The van der Waals surface area contributed by atoms with Crippen LogP contribution in [-0.4, -0.2) is 59.5 Å². The van der Waals surface area contributed by atoms with Crippen LogP contribution < -0.4 is 0 Å². The number of hydrogen-bond donors (Lipinski definition) is 1. The van der Waals surface area contributed by atoms with Crippen molar-refractivity contribution in [3.05, 3.63) is 34.9 Å². The predicted molar refractivity (Wildman–Crippen MR) is 96.7 cm³/mol. The molecule has 0 bridgehead atoms. The minimum Gasteiger partial charge on any atom is -0.481 e. The maximum atomic E-state index is 12.6. The van der Waals surface area contributed by atoms with Gasteiger partial charge in [-0.1, -0.05) is 23.7 Å². The highest BCUT2D eigenvalue weighted by Gasteiger charge is 2.52. The second-order valence-corrected chi connectivity index (χ2v) is 7.71. The molecule has 0 saturated carbocycles. The van der Waals surface area contributed by atoms with E-state index in [1.54, 1.807) is 0 Å². The first kappa shape index (κ1) is 18.2. The van der Waals surface area contributed by atoms with Crippen molar-refractivity contribution in [2.75, 3.05) is 26.7 Å². The summed E-state index contributed by atoms with van der Waals surface area (Å²) in [5, 5.41) is 10.5. The molecule has 0 aliphatic carbocycles. The first-order valence-corrected chi connectivity index (χ1v) is 9.26. The first-order valence-electron chi connectivity index (χ1n) is 8.88. The van der Waals surface area contributed by atoms with Gasteiger partial charge >= 0.3 is 5.97 Å². The van der Waals surface area contributed by atoms with Gasteiger partial charge in [-0.2, -0.15) is 0 Å². The standard InChI is InChI=1S/C19H25ClN2O3/c1-21-11-2-9-19(18(24)25)10-12-22(13-16(19)21)17(23)8-5-14-3-6-15(20)7-4-14/h3-4,6-7,16H,2,5,8-13H2,1H3,(H,24,25)/t16-,19+/m1/s1. The van der Waals surface area contributed by atoms with Crippen LogP contribution in [0.2, 0.25) is 5.02 Å². The summed E-state index contributed by atoms with van der Waals surface area (Å²) in [6, 6.07) is 7.46. The van der Waals surface area contributed by atoms with Crippen LogP contribution in [-0.2, 0) is 16.0 Å². The van der Waals surface area contributed by atoms with Crippen molar-refractivity contribution in [1.82, 2.24) is 9.80 Å². The summed E-state index contributed by atoms with van der Waals surface area (Å²) in [4.78, 5) is 28.5. The van der Waals surface area contributed by atoms with Crippen molar-refractivity contribution in [3.63, 3.8) is 0 Å². The van der Waals surface area contributed by atoms with Crippen molar-refractivity contribution in [2.45, 2.75) is 38.1 Å². The summed E-state index contributed by atoms with van der Waals surface area (Å²) in [6.07, 6.45) is 3.28. The van der Waals surface area contributed by atoms with Crippen LogP contribution in [0.4, 0.5) is 0 Å². The lowest BCUT2D eigenvalue weighted by Crippen LogP contribution is -2.63. The fraction of sp³-hybridized carbons (Fsp3) is 0.579. The zero-order valence-electron chi connectivity index (χ0n) is 14.6. The van der Waals surface area contributed by atoms with E-state index in [-0.39, 0.29) is 11.9 Å². The zero-order chi connectivity index (χ0) is 18.0. The lowest BCUT2D eigenvalue weighted by molar-refractivity contribution is -0.165. The van der Waals surface area contributed by atoms with E-state index in [9.17, 15) is 14.7 Å². The lowest BCUT2D eigenvalue weighted by atomic mass is 9.68. The maximum absolute atomic E-state index is 12.6. The van der Waals surface area contributed by atoms with Crippen molar-refractivity contribution in [1.29, 1.82) is 0 Å². The Kier molecular flexibility index (Phi) is 5.35. The Bertz CT molecular complexity index is 649. The topological polar surface area (TPSA) is 60.9 Å². The van der Waals surface area contributed by atoms with Crippen molar-refractivity contribution in [3.8, 4) is 0 Å². The minimum absolute atomic E-state index is 0.0908. The van der Waals surface area contributed by atoms with E-state index in [1.165, 1.54) is 0 Å². The third-order valence-corrected chi connectivity index (χ3v) is 6.10. The molecule has 5 nitrogen and oxygen atoms in total. The number of nitrogens with zero attached hydrogens (tertiary/aromatic N) is 2. The number of halogens is 1. The van der Waals surface area contributed by atoms with Gasteiger partial charge in [-0.15, -0.1) is 0 Å². The van der Waals surface area contributed by atoms with E-state index in [2.05, 4.69) is 4.90 Å². The highest BCUT2D eigenvalue weighted by Crippen LogP contribution is 2.42. The fourth-order valence-corrected chi connectivity index (χ4v) is 4.40. The van der Waals surface area contributed by atoms with Crippen LogP contribution in [0.5, 0.6) is 0 Å². The van der Waals surface area contributed by atoms with Crippen LogP contribution in [0.25, 0.3) is 0 Å². The summed E-state index contributed by atoms with van der Waals surface area (Å²) < 4.78 is 0. The molecule has 3 rings (SSSR count). The molecule has 2 atom stereocenters. The Hall–Kier alpha value is -1.59. The van der Waals surface area contributed by atoms with E-state index in [0.717, 1.165) is 18.5 Å². The number of carbonyl (C=O) groups is 2. The number of fused-ring (bicyclic) bond motifs is 1. The molecule has 2 fully saturated rings. The molecule has 0 radical (unpaired) electrons. The normalized spacial score (nSPS) is 27.0. The largest absolute Gasteiger partial charge is 0.481 e. The van der Waals surface area contributed by atoms with Crippen molar-refractivity contribution in [2.24, 2.45) is 5.41 Å². The monoisotopic (exact) mass is 364 g/mol. The number of aliphatic carboxylic acids is 1. The number of hydrogen-bond acceptors (Lipinski definition) is 3. The fourth-order valence-electron chi connectivity index (χ4n) is 4.27. The Balaban J connectivity index is 1.63. The van der Waals surface area contributed by atoms with Gasteiger partial charge in [-0.3, -0.25) is 9.59 Å². The van der Waals surface area contributed by atoms with Gasteiger partial charge in [0, 0.05) is 30.6 Å². The number of aryl methyl sites for hydroxylation is 1. The van der Waals surface area contributed by atoms with Gasteiger partial charge in [0.05, 0.1) is 5.41 Å². The lowest BCUT2D eigenvalue weighted by Gasteiger charge is -2.51. The summed E-state index contributed by atoms with van der Waals surface area (Å²) in [7, 11) is 1.98. The molecule has 1 aromatic carbocycles. The van der Waals surface area contributed by atoms with Gasteiger partial charge in [0.2, 0.25) is 5.91 Å². The molecule has 25 heavy (non-hydrogen) atoms. The number of carbonyl (C=O) groups excluding carboxylic acids is 1. The molecule has 1 amide bonds. The van der Waals surface area contributed by atoms with Gasteiger partial charge in [0.15, 0.2) is 0 Å². The molecular formula is C19H25ClN2O3. The third kappa shape index (κ3) is 3.67. The molecule has 0 aromatic heterocycles. The number of carboxylic acid groups (broad SMARTS) is 1. The highest BCUT2D eigenvalue weighted by atomic mass is 35.5. The van der Waals surface area contributed by atoms with Crippen LogP contribution in [0.3, 0.4) is 0 Å². The van der Waals surface area contributed by atoms with Crippen LogP contribution in [0.15, 0.2) is 24.3 Å². The minimum atomic E-state index is -0.711. The van der Waals surface area contributed by atoms with Gasteiger partial charge in [-0.25, -0.2) is 0 Å². The SMILES string of the molecule is CN1CCC[C@]2(C(=O)O)CCN(C(=O)CCc3ccc(Cl)cc3)C[C@@H]12. The average molecular weight is 365 g/mol. The van der Waals surface area contributed by atoms with E-state index >= 15 is 0 Å². The van der Waals surface area contributed by atoms with E-state index < -0.39 is 11.4 Å². The molecule has 2 heterocycles. The molecule has 2 saturated heterocycles. The maximum Gasteiger partial charge on any atom is 0.311 e. The predicted octanol–water partition coefficient (Wildman–Crippen LogP) is 2.67. The Morgan fingerprint density at radius 3 is 2.64 bits per heavy atom. The van der Waals surface area contributed by atoms with Gasteiger partial charge < -0.3 is 14.9 Å². The van der Waals surface area contributed by atoms with Gasteiger partial charge in [0.25, 0.3) is 0 Å². The molecular weight excluding hydrogens is 340 g/mol. The Morgan fingerprint density at radius 1 is 1.24 bits per heavy atom. The highest BCUT2D eigenvalue weighted by molar-refractivity contribution is 6.30. The Morgan fingerprint density at radius 2 is 1.96 bits per heavy atom. The number of likely N-dealkylation sites (tertiary alicyclic amines) is 2. The smallest absolute Gasteiger partial charge is 0.311 e. The number of amides is 1. The summed E-state index contributed by atoms with van der Waals surface area (Å²) in [5.74, 6) is -0.606. The molecule has 2 aliphatic rings. The van der Waals surface area contributed by atoms with Gasteiger partial charge in [-0.05, 0) is 57.0 Å². The van der Waals surface area contributed by atoms with Crippen molar-refractivity contribution >= 4 is 23.5 Å². The number of carboxylic acids is 1. The third-order valence-electron chi connectivity index (χ3n) is 5.84. The summed E-state index contributed by atoms with van der Waals surface area (Å²) >= 11 is 5.89. The summed E-state index contributed by atoms with van der Waals surface area (Å²) in [6.45, 7) is 1.95. The second kappa shape index (κ2) is 7.34. The number of piperidine rings is 2. The number of rotatable bonds is 4. The molecule has 0 unspecified atom stereocenters. The summed E-state index contributed by atoms with van der Waals surface area (Å²) in [5.41, 5.74) is 0.393. The average Bonchev–Trinajstić information content (AvgIpc) is 2.61. The van der Waals surface area contributed by atoms with E-state index in [4.69, 9.17) is 11.6 Å². The van der Waals surface area contributed by atoms with Gasteiger partial charge in [0.1, 0.15) is 0 Å².